The average molecular weight is 413 g/mol. The van der Waals surface area contributed by atoms with Gasteiger partial charge < -0.3 is 20.4 Å². The summed E-state index contributed by atoms with van der Waals surface area (Å²) < 4.78 is 0. The Bertz CT molecular complexity index is 854. The van der Waals surface area contributed by atoms with Gasteiger partial charge in [0.2, 0.25) is 5.91 Å². The molecule has 0 aliphatic carbocycles. The molecule has 1 aromatic carbocycles. The number of aliphatic hydroxyl groups excluding tert-OH is 1. The molecule has 7 heteroatoms. The number of hydrogen-bond acceptors (Lipinski definition) is 6. The van der Waals surface area contributed by atoms with Crippen molar-refractivity contribution < 1.29 is 15.0 Å². The number of nitrogens with zero attached hydrogens (tertiary/aromatic N) is 3. The van der Waals surface area contributed by atoms with Gasteiger partial charge in [0.1, 0.15) is 11.6 Å². The number of carbonyl (C=O) groups is 1. The van der Waals surface area contributed by atoms with E-state index in [1.807, 2.05) is 45.0 Å². The fourth-order valence-electron chi connectivity index (χ4n) is 3.64. The first-order chi connectivity index (χ1) is 14.2. The molecule has 2 heterocycles. The summed E-state index contributed by atoms with van der Waals surface area (Å²) in [4.78, 5) is 23.5. The van der Waals surface area contributed by atoms with E-state index in [0.717, 1.165) is 48.6 Å². The van der Waals surface area contributed by atoms with Crippen LogP contribution in [0.15, 0.2) is 30.5 Å². The van der Waals surface area contributed by atoms with Gasteiger partial charge in [0.25, 0.3) is 0 Å². The van der Waals surface area contributed by atoms with Gasteiger partial charge in [0, 0.05) is 49.8 Å². The molecule has 3 rings (SSSR count). The second-order valence-corrected chi connectivity index (χ2v) is 9.17. The SMILES string of the molecule is CC(C)(C)CC(=O)Nc1ccc(Cc2ncc(CC(O)O)c(N3CCCC3)n2)cc1. The molecule has 0 radical (unpaired) electrons. The standard InChI is InChI=1S/C23H32N4O3/c1-23(2,3)14-20(28)25-18-8-6-16(7-9-18)12-19-24-15-17(13-21(29)30)22(26-19)27-10-4-5-11-27/h6-9,15,21,29-30H,4-5,10-14H2,1-3H3,(H,25,28). The molecule has 0 atom stereocenters. The van der Waals surface area contributed by atoms with Crippen molar-refractivity contribution in [2.24, 2.45) is 5.41 Å². The Hall–Kier alpha value is -2.51. The predicted octanol–water partition coefficient (Wildman–Crippen LogP) is 2.90. The van der Waals surface area contributed by atoms with Gasteiger partial charge in [-0.1, -0.05) is 32.9 Å². The first kappa shape index (κ1) is 22.2. The zero-order valence-corrected chi connectivity index (χ0v) is 18.1. The molecular formula is C23H32N4O3. The maximum atomic E-state index is 12.1. The number of anilines is 2. The molecule has 1 fully saturated rings. The van der Waals surface area contributed by atoms with Gasteiger partial charge in [-0.2, -0.15) is 0 Å². The molecule has 1 aliphatic rings. The van der Waals surface area contributed by atoms with Crippen molar-refractivity contribution in [3.63, 3.8) is 0 Å². The van der Waals surface area contributed by atoms with Gasteiger partial charge in [-0.3, -0.25) is 4.79 Å². The number of aromatic nitrogens is 2. The van der Waals surface area contributed by atoms with Crippen molar-refractivity contribution in [2.75, 3.05) is 23.3 Å². The van der Waals surface area contributed by atoms with Crippen LogP contribution in [-0.2, 0) is 17.6 Å². The molecule has 3 N–H and O–H groups in total. The van der Waals surface area contributed by atoms with Gasteiger partial charge in [0.05, 0.1) is 0 Å². The minimum absolute atomic E-state index is 0.00972. The lowest BCUT2D eigenvalue weighted by atomic mass is 9.92. The Kier molecular flexibility index (Phi) is 7.05. The third-order valence-corrected chi connectivity index (χ3v) is 4.99. The second kappa shape index (κ2) is 9.53. The highest BCUT2D eigenvalue weighted by atomic mass is 16.5. The number of aliphatic hydroxyl groups is 2. The van der Waals surface area contributed by atoms with Crippen LogP contribution in [0, 0.1) is 5.41 Å². The zero-order chi connectivity index (χ0) is 21.7. The van der Waals surface area contributed by atoms with E-state index in [0.29, 0.717) is 18.7 Å². The van der Waals surface area contributed by atoms with Gasteiger partial charge in [-0.25, -0.2) is 9.97 Å². The molecule has 0 bridgehead atoms. The molecule has 0 saturated carbocycles. The van der Waals surface area contributed by atoms with E-state index in [1.165, 1.54) is 0 Å². The van der Waals surface area contributed by atoms with Crippen LogP contribution in [0.4, 0.5) is 11.5 Å². The first-order valence-electron chi connectivity index (χ1n) is 10.5. The molecule has 30 heavy (non-hydrogen) atoms. The van der Waals surface area contributed by atoms with Gasteiger partial charge in [-0.05, 0) is 36.0 Å². The number of nitrogens with one attached hydrogen (secondary N) is 1. The van der Waals surface area contributed by atoms with Crippen LogP contribution in [0.5, 0.6) is 0 Å². The summed E-state index contributed by atoms with van der Waals surface area (Å²) in [5, 5.41) is 21.7. The summed E-state index contributed by atoms with van der Waals surface area (Å²) >= 11 is 0. The molecular weight excluding hydrogens is 380 g/mol. The number of hydrogen-bond donors (Lipinski definition) is 3. The number of carbonyl (C=O) groups excluding carboxylic acids is 1. The molecule has 7 nitrogen and oxygen atoms in total. The van der Waals surface area contributed by atoms with Crippen molar-refractivity contribution in [2.45, 2.75) is 59.2 Å². The normalized spacial score (nSPS) is 14.4. The number of rotatable bonds is 7. The van der Waals surface area contributed by atoms with Crippen molar-refractivity contribution in [3.8, 4) is 0 Å². The minimum Gasteiger partial charge on any atom is -0.368 e. The molecule has 1 saturated heterocycles. The Morgan fingerprint density at radius 2 is 1.83 bits per heavy atom. The summed E-state index contributed by atoms with van der Waals surface area (Å²) in [7, 11) is 0. The highest BCUT2D eigenvalue weighted by Crippen LogP contribution is 2.24. The first-order valence-corrected chi connectivity index (χ1v) is 10.5. The monoisotopic (exact) mass is 412 g/mol. The maximum Gasteiger partial charge on any atom is 0.224 e. The summed E-state index contributed by atoms with van der Waals surface area (Å²) in [6, 6.07) is 7.73. The summed E-state index contributed by atoms with van der Waals surface area (Å²) in [6.07, 6.45) is 3.68. The van der Waals surface area contributed by atoms with E-state index in [4.69, 9.17) is 4.98 Å². The predicted molar refractivity (Wildman–Crippen MR) is 117 cm³/mol. The maximum absolute atomic E-state index is 12.1. The third kappa shape index (κ3) is 6.50. The number of benzene rings is 1. The van der Waals surface area contributed by atoms with E-state index in [2.05, 4.69) is 15.2 Å². The highest BCUT2D eigenvalue weighted by molar-refractivity contribution is 5.91. The quantitative estimate of drug-likeness (QED) is 0.605. The van der Waals surface area contributed by atoms with Crippen LogP contribution < -0.4 is 10.2 Å². The van der Waals surface area contributed by atoms with E-state index >= 15 is 0 Å². The Balaban J connectivity index is 1.69. The van der Waals surface area contributed by atoms with Gasteiger partial charge >= 0.3 is 0 Å². The minimum atomic E-state index is -1.41. The van der Waals surface area contributed by atoms with Crippen LogP contribution in [0.3, 0.4) is 0 Å². The topological polar surface area (TPSA) is 98.6 Å². The van der Waals surface area contributed by atoms with Crippen LogP contribution in [0.2, 0.25) is 0 Å². The van der Waals surface area contributed by atoms with Gasteiger partial charge in [0.15, 0.2) is 6.29 Å². The molecule has 0 unspecified atom stereocenters. The fraction of sp³-hybridized carbons (Fsp3) is 0.522. The average Bonchev–Trinajstić information content (AvgIpc) is 3.17. The zero-order valence-electron chi connectivity index (χ0n) is 18.1. The molecule has 162 valence electrons. The molecule has 0 spiro atoms. The lowest BCUT2D eigenvalue weighted by molar-refractivity contribution is -0.117. The Labute approximate surface area is 178 Å². The fourth-order valence-corrected chi connectivity index (χ4v) is 3.64. The lowest BCUT2D eigenvalue weighted by Gasteiger charge is -2.21. The molecule has 2 aromatic rings. The second-order valence-electron chi connectivity index (χ2n) is 9.17. The van der Waals surface area contributed by atoms with Crippen LogP contribution >= 0.6 is 0 Å². The van der Waals surface area contributed by atoms with Crippen molar-refractivity contribution in [3.05, 3.63) is 47.4 Å². The third-order valence-electron chi connectivity index (χ3n) is 4.99. The van der Waals surface area contributed by atoms with Crippen LogP contribution in [0.25, 0.3) is 0 Å². The lowest BCUT2D eigenvalue weighted by Crippen LogP contribution is -2.23. The Morgan fingerprint density at radius 1 is 1.17 bits per heavy atom. The molecule has 1 aromatic heterocycles. The number of amides is 1. The van der Waals surface area contributed by atoms with E-state index in [9.17, 15) is 15.0 Å². The van der Waals surface area contributed by atoms with E-state index in [-0.39, 0.29) is 17.7 Å². The van der Waals surface area contributed by atoms with Gasteiger partial charge in [-0.15, -0.1) is 0 Å². The molecule has 1 aliphatic heterocycles. The van der Waals surface area contributed by atoms with E-state index in [1.54, 1.807) is 6.20 Å². The largest absolute Gasteiger partial charge is 0.368 e. The van der Waals surface area contributed by atoms with Crippen molar-refractivity contribution >= 4 is 17.4 Å². The highest BCUT2D eigenvalue weighted by Gasteiger charge is 2.20. The summed E-state index contributed by atoms with van der Waals surface area (Å²) in [6.45, 7) is 7.97. The van der Waals surface area contributed by atoms with Crippen LogP contribution in [-0.4, -0.2) is 45.5 Å². The molecule has 1 amide bonds. The van der Waals surface area contributed by atoms with Crippen molar-refractivity contribution in [1.29, 1.82) is 0 Å². The van der Waals surface area contributed by atoms with E-state index < -0.39 is 6.29 Å². The Morgan fingerprint density at radius 3 is 2.43 bits per heavy atom. The summed E-state index contributed by atoms with van der Waals surface area (Å²) in [5.74, 6) is 1.50. The summed E-state index contributed by atoms with van der Waals surface area (Å²) in [5.41, 5.74) is 2.53. The smallest absolute Gasteiger partial charge is 0.224 e. The van der Waals surface area contributed by atoms with Crippen molar-refractivity contribution in [1.82, 2.24) is 9.97 Å². The van der Waals surface area contributed by atoms with Crippen LogP contribution in [0.1, 0.15) is 57.0 Å².